The fourth-order valence-electron chi connectivity index (χ4n) is 1.71. The molecule has 0 bridgehead atoms. The Hall–Kier alpha value is -0.830. The molecule has 2 aliphatic rings. The number of ketones is 1. The van der Waals surface area contributed by atoms with Crippen molar-refractivity contribution in [3.63, 3.8) is 0 Å². The van der Waals surface area contributed by atoms with Gasteiger partial charge in [0.25, 0.3) is 0 Å². The molecule has 2 rings (SSSR count). The molecule has 0 radical (unpaired) electrons. The fourth-order valence-corrected chi connectivity index (χ4v) is 1.71. The lowest BCUT2D eigenvalue weighted by atomic mass is 10.2. The van der Waals surface area contributed by atoms with E-state index in [1.54, 1.807) is 6.08 Å². The molecule has 0 aliphatic carbocycles. The highest BCUT2D eigenvalue weighted by Crippen LogP contribution is 2.16. The lowest BCUT2D eigenvalue weighted by Crippen LogP contribution is -2.27. The number of likely N-dealkylation sites (tertiary alicyclic amines) is 1. The van der Waals surface area contributed by atoms with E-state index in [0.29, 0.717) is 6.61 Å². The molecular weight excluding hydrogens is 154 g/mol. The van der Waals surface area contributed by atoms with E-state index in [9.17, 15) is 4.79 Å². The average molecular weight is 167 g/mol. The number of carbonyl (C=O) groups excluding carboxylic acids is 1. The van der Waals surface area contributed by atoms with Gasteiger partial charge >= 0.3 is 0 Å². The molecule has 0 spiro atoms. The average Bonchev–Trinajstić information content (AvgIpc) is 2.56. The van der Waals surface area contributed by atoms with Crippen LogP contribution in [0.25, 0.3) is 0 Å². The van der Waals surface area contributed by atoms with Crippen molar-refractivity contribution in [2.75, 3.05) is 26.3 Å². The summed E-state index contributed by atoms with van der Waals surface area (Å²) in [6.45, 7) is 3.05. The van der Waals surface area contributed by atoms with Crippen LogP contribution in [0.15, 0.2) is 11.8 Å². The molecule has 2 heterocycles. The third kappa shape index (κ3) is 1.50. The number of ether oxygens (including phenoxy) is 1. The topological polar surface area (TPSA) is 29.5 Å². The van der Waals surface area contributed by atoms with Crippen molar-refractivity contribution in [1.29, 1.82) is 0 Å². The Morgan fingerprint density at radius 3 is 2.67 bits per heavy atom. The monoisotopic (exact) mass is 167 g/mol. The molecule has 12 heavy (non-hydrogen) atoms. The molecule has 0 saturated carbocycles. The Bertz CT molecular complexity index is 217. The third-order valence-corrected chi connectivity index (χ3v) is 2.33. The largest absolute Gasteiger partial charge is 0.373 e. The van der Waals surface area contributed by atoms with Crippen molar-refractivity contribution in [2.45, 2.75) is 12.8 Å². The zero-order valence-electron chi connectivity index (χ0n) is 7.08. The van der Waals surface area contributed by atoms with Crippen molar-refractivity contribution < 1.29 is 9.53 Å². The summed E-state index contributed by atoms with van der Waals surface area (Å²) in [5, 5.41) is 0. The SMILES string of the molecule is O=C1C=C(N2CCCC2)COC1. The zero-order valence-corrected chi connectivity index (χ0v) is 7.08. The van der Waals surface area contributed by atoms with Gasteiger partial charge in [0.2, 0.25) is 0 Å². The van der Waals surface area contributed by atoms with Crippen LogP contribution < -0.4 is 0 Å². The van der Waals surface area contributed by atoms with Crippen molar-refractivity contribution >= 4 is 5.78 Å². The molecule has 1 saturated heterocycles. The zero-order chi connectivity index (χ0) is 8.39. The number of carbonyl (C=O) groups is 1. The quantitative estimate of drug-likeness (QED) is 0.571. The van der Waals surface area contributed by atoms with Crippen LogP contribution in [-0.2, 0) is 9.53 Å². The molecule has 66 valence electrons. The highest BCUT2D eigenvalue weighted by Gasteiger charge is 2.18. The van der Waals surface area contributed by atoms with Crippen LogP contribution in [0.4, 0.5) is 0 Å². The molecule has 0 aromatic rings. The first-order valence-electron chi connectivity index (χ1n) is 4.42. The van der Waals surface area contributed by atoms with E-state index >= 15 is 0 Å². The number of nitrogens with zero attached hydrogens (tertiary/aromatic N) is 1. The predicted octanol–water partition coefficient (Wildman–Crippen LogP) is 0.565. The molecule has 0 N–H and O–H groups in total. The van der Waals surface area contributed by atoms with E-state index in [1.165, 1.54) is 12.8 Å². The van der Waals surface area contributed by atoms with E-state index in [-0.39, 0.29) is 12.4 Å². The summed E-state index contributed by atoms with van der Waals surface area (Å²) in [6, 6.07) is 0. The molecule has 2 aliphatic heterocycles. The first kappa shape index (κ1) is 7.80. The summed E-state index contributed by atoms with van der Waals surface area (Å²) >= 11 is 0. The highest BCUT2D eigenvalue weighted by molar-refractivity contribution is 5.92. The summed E-state index contributed by atoms with van der Waals surface area (Å²) in [5.41, 5.74) is 1.07. The van der Waals surface area contributed by atoms with Crippen LogP contribution in [0.1, 0.15) is 12.8 Å². The van der Waals surface area contributed by atoms with Gasteiger partial charge in [-0.15, -0.1) is 0 Å². The van der Waals surface area contributed by atoms with Gasteiger partial charge in [0.05, 0.1) is 6.61 Å². The molecular formula is C9H13NO2. The summed E-state index contributed by atoms with van der Waals surface area (Å²) in [4.78, 5) is 13.2. The lowest BCUT2D eigenvalue weighted by molar-refractivity contribution is -0.120. The number of rotatable bonds is 1. The molecule has 0 aromatic heterocycles. The van der Waals surface area contributed by atoms with E-state index < -0.39 is 0 Å². The van der Waals surface area contributed by atoms with Crippen LogP contribution in [0.2, 0.25) is 0 Å². The summed E-state index contributed by atoms with van der Waals surface area (Å²) in [6.07, 6.45) is 4.21. The second kappa shape index (κ2) is 3.27. The van der Waals surface area contributed by atoms with Gasteiger partial charge in [0.1, 0.15) is 6.61 Å². The summed E-state index contributed by atoms with van der Waals surface area (Å²) < 4.78 is 5.15. The number of hydrogen-bond donors (Lipinski definition) is 0. The van der Waals surface area contributed by atoms with E-state index in [2.05, 4.69) is 4.90 Å². The second-order valence-corrected chi connectivity index (χ2v) is 3.29. The highest BCUT2D eigenvalue weighted by atomic mass is 16.5. The van der Waals surface area contributed by atoms with Gasteiger partial charge in [-0.2, -0.15) is 0 Å². The normalized spacial score (nSPS) is 24.5. The number of hydrogen-bond acceptors (Lipinski definition) is 3. The molecule has 3 nitrogen and oxygen atoms in total. The van der Waals surface area contributed by atoms with Crippen LogP contribution in [-0.4, -0.2) is 37.0 Å². The molecule has 0 atom stereocenters. The van der Waals surface area contributed by atoms with Gasteiger partial charge in [0.15, 0.2) is 5.78 Å². The summed E-state index contributed by atoms with van der Waals surface area (Å²) in [7, 11) is 0. The molecule has 0 unspecified atom stereocenters. The van der Waals surface area contributed by atoms with E-state index in [1.807, 2.05) is 0 Å². The second-order valence-electron chi connectivity index (χ2n) is 3.29. The van der Waals surface area contributed by atoms with Gasteiger partial charge in [-0.1, -0.05) is 0 Å². The Morgan fingerprint density at radius 1 is 1.25 bits per heavy atom. The smallest absolute Gasteiger partial charge is 0.183 e. The molecule has 3 heteroatoms. The third-order valence-electron chi connectivity index (χ3n) is 2.33. The maximum absolute atomic E-state index is 11.0. The Balaban J connectivity index is 2.05. The minimum Gasteiger partial charge on any atom is -0.373 e. The standard InChI is InChI=1S/C9H13NO2/c11-9-5-8(6-12-7-9)10-3-1-2-4-10/h5H,1-4,6-7H2. The molecule has 1 fully saturated rings. The first-order chi connectivity index (χ1) is 5.86. The van der Waals surface area contributed by atoms with Crippen LogP contribution in [0.3, 0.4) is 0 Å². The van der Waals surface area contributed by atoms with Crippen molar-refractivity contribution in [3.8, 4) is 0 Å². The minimum absolute atomic E-state index is 0.100. The Kier molecular flexibility index (Phi) is 2.13. The van der Waals surface area contributed by atoms with Crippen LogP contribution in [0.5, 0.6) is 0 Å². The van der Waals surface area contributed by atoms with Gasteiger partial charge in [0, 0.05) is 24.9 Å². The minimum atomic E-state index is 0.100. The van der Waals surface area contributed by atoms with Crippen molar-refractivity contribution in [1.82, 2.24) is 4.90 Å². The molecule has 0 aromatic carbocycles. The summed E-state index contributed by atoms with van der Waals surface area (Å²) in [5.74, 6) is 0.100. The Morgan fingerprint density at radius 2 is 2.00 bits per heavy atom. The maximum atomic E-state index is 11.0. The van der Waals surface area contributed by atoms with Crippen LogP contribution >= 0.6 is 0 Å². The van der Waals surface area contributed by atoms with Gasteiger partial charge in [-0.05, 0) is 12.8 Å². The van der Waals surface area contributed by atoms with Gasteiger partial charge in [-0.25, -0.2) is 0 Å². The van der Waals surface area contributed by atoms with Crippen molar-refractivity contribution in [3.05, 3.63) is 11.8 Å². The Labute approximate surface area is 72.0 Å². The first-order valence-corrected chi connectivity index (χ1v) is 4.42. The lowest BCUT2D eigenvalue weighted by Gasteiger charge is -2.23. The predicted molar refractivity (Wildman–Crippen MR) is 44.7 cm³/mol. The molecule has 0 amide bonds. The van der Waals surface area contributed by atoms with E-state index in [0.717, 1.165) is 18.8 Å². The van der Waals surface area contributed by atoms with E-state index in [4.69, 9.17) is 4.74 Å². The van der Waals surface area contributed by atoms with Gasteiger partial charge < -0.3 is 9.64 Å². The fraction of sp³-hybridized carbons (Fsp3) is 0.667. The van der Waals surface area contributed by atoms with Crippen molar-refractivity contribution in [2.24, 2.45) is 0 Å². The van der Waals surface area contributed by atoms with Crippen LogP contribution in [0, 0.1) is 0 Å². The maximum Gasteiger partial charge on any atom is 0.183 e. The van der Waals surface area contributed by atoms with Gasteiger partial charge in [-0.3, -0.25) is 4.79 Å².